The molecule has 132 valence electrons. The van der Waals surface area contributed by atoms with Gasteiger partial charge in [0.25, 0.3) is 0 Å². The normalized spacial score (nSPS) is 23.2. The van der Waals surface area contributed by atoms with E-state index in [0.717, 1.165) is 38.0 Å². The lowest BCUT2D eigenvalue weighted by atomic mass is 10.0. The van der Waals surface area contributed by atoms with Crippen LogP contribution in [0.2, 0.25) is 0 Å². The molecule has 24 heavy (non-hydrogen) atoms. The third-order valence-corrected chi connectivity index (χ3v) is 5.08. The lowest BCUT2D eigenvalue weighted by molar-refractivity contribution is -0.128. The van der Waals surface area contributed by atoms with Crippen LogP contribution in [0.25, 0.3) is 0 Å². The number of rotatable bonds is 6. The van der Waals surface area contributed by atoms with Crippen LogP contribution < -0.4 is 5.32 Å². The van der Waals surface area contributed by atoms with Crippen molar-refractivity contribution in [3.05, 3.63) is 35.6 Å². The van der Waals surface area contributed by atoms with Gasteiger partial charge in [0.1, 0.15) is 5.82 Å². The van der Waals surface area contributed by atoms with Crippen LogP contribution in [0.1, 0.15) is 38.2 Å². The zero-order valence-electron chi connectivity index (χ0n) is 14.5. The Morgan fingerprint density at radius 3 is 2.75 bits per heavy atom. The van der Waals surface area contributed by atoms with E-state index in [4.69, 9.17) is 0 Å². The number of benzene rings is 1. The van der Waals surface area contributed by atoms with E-state index in [1.165, 1.54) is 25.1 Å². The minimum absolute atomic E-state index is 0.167. The van der Waals surface area contributed by atoms with E-state index in [1.54, 1.807) is 6.07 Å². The van der Waals surface area contributed by atoms with Gasteiger partial charge < -0.3 is 15.1 Å². The Morgan fingerprint density at radius 1 is 1.25 bits per heavy atom. The van der Waals surface area contributed by atoms with Gasteiger partial charge >= 0.3 is 0 Å². The molecule has 0 bridgehead atoms. The second-order valence-electron chi connectivity index (χ2n) is 7.09. The minimum atomic E-state index is -0.243. The predicted molar refractivity (Wildman–Crippen MR) is 93.1 cm³/mol. The molecule has 0 saturated carbocycles. The fraction of sp³-hybridized carbons (Fsp3) is 0.632. The van der Waals surface area contributed by atoms with Crippen molar-refractivity contribution in [2.24, 2.45) is 0 Å². The van der Waals surface area contributed by atoms with Crippen LogP contribution in [-0.4, -0.2) is 54.0 Å². The highest BCUT2D eigenvalue weighted by Crippen LogP contribution is 2.18. The van der Waals surface area contributed by atoms with E-state index in [9.17, 15) is 9.18 Å². The Morgan fingerprint density at radius 2 is 2.04 bits per heavy atom. The summed E-state index contributed by atoms with van der Waals surface area (Å²) in [5.74, 6) is -0.0761. The van der Waals surface area contributed by atoms with Crippen LogP contribution in [-0.2, 0) is 11.3 Å². The summed E-state index contributed by atoms with van der Waals surface area (Å²) in [6.45, 7) is 6.95. The molecule has 2 aliphatic heterocycles. The molecular weight excluding hydrogens is 305 g/mol. The number of hydrogen-bond donors (Lipinski definition) is 1. The van der Waals surface area contributed by atoms with Gasteiger partial charge in [0.05, 0.1) is 0 Å². The van der Waals surface area contributed by atoms with Gasteiger partial charge in [-0.05, 0) is 56.6 Å². The zero-order chi connectivity index (χ0) is 16.9. The first-order valence-corrected chi connectivity index (χ1v) is 9.14. The number of piperidine rings is 1. The number of halogens is 1. The first-order valence-electron chi connectivity index (χ1n) is 9.14. The first kappa shape index (κ1) is 17.4. The molecule has 0 spiro atoms. The molecule has 0 radical (unpaired) electrons. The maximum Gasteiger partial charge on any atom is 0.224 e. The Kier molecular flexibility index (Phi) is 5.85. The molecule has 1 atom stereocenters. The molecule has 0 aromatic heterocycles. The number of nitrogens with one attached hydrogen (secondary N) is 1. The summed E-state index contributed by atoms with van der Waals surface area (Å²) in [6.07, 6.45) is 4.10. The fourth-order valence-corrected chi connectivity index (χ4v) is 3.87. The summed E-state index contributed by atoms with van der Waals surface area (Å²) in [7, 11) is 0. The third-order valence-electron chi connectivity index (χ3n) is 5.08. The van der Waals surface area contributed by atoms with Crippen molar-refractivity contribution in [3.8, 4) is 0 Å². The highest BCUT2D eigenvalue weighted by molar-refractivity contribution is 5.79. The van der Waals surface area contributed by atoms with E-state index in [0.29, 0.717) is 19.0 Å². The van der Waals surface area contributed by atoms with Gasteiger partial charge in [-0.3, -0.25) is 4.79 Å². The largest absolute Gasteiger partial charge is 0.337 e. The molecule has 2 saturated heterocycles. The van der Waals surface area contributed by atoms with Gasteiger partial charge in [0.15, 0.2) is 0 Å². The monoisotopic (exact) mass is 333 g/mol. The molecule has 3 rings (SSSR count). The molecule has 5 heteroatoms. The van der Waals surface area contributed by atoms with Gasteiger partial charge in [0.2, 0.25) is 5.91 Å². The molecule has 1 aromatic rings. The topological polar surface area (TPSA) is 35.6 Å². The number of hydrogen-bond acceptors (Lipinski definition) is 3. The number of carbonyl (C=O) groups excluding carboxylic acids is 1. The van der Waals surface area contributed by atoms with Crippen LogP contribution in [0.4, 0.5) is 4.39 Å². The predicted octanol–water partition coefficient (Wildman–Crippen LogP) is 2.39. The number of likely N-dealkylation sites (tertiary alicyclic amines) is 2. The molecule has 0 unspecified atom stereocenters. The second-order valence-corrected chi connectivity index (χ2v) is 7.09. The molecular formula is C19H28FN3O. The number of nitrogens with zero attached hydrogens (tertiary/aromatic N) is 2. The summed E-state index contributed by atoms with van der Waals surface area (Å²) < 4.78 is 13.3. The summed E-state index contributed by atoms with van der Waals surface area (Å²) in [4.78, 5) is 16.6. The highest BCUT2D eigenvalue weighted by atomic mass is 19.1. The van der Waals surface area contributed by atoms with Crippen molar-refractivity contribution in [2.45, 2.75) is 51.2 Å². The summed E-state index contributed by atoms with van der Waals surface area (Å²) in [5, 5.41) is 3.67. The Bertz CT molecular complexity index is 557. The quantitative estimate of drug-likeness (QED) is 0.868. The zero-order valence-corrected chi connectivity index (χ0v) is 14.5. The SMILES string of the molecule is CCCN1CCC(N[C@@H]2CC(=O)N(Cc3cccc(F)c3)C2)CC1. The molecule has 1 aromatic carbocycles. The van der Waals surface area contributed by atoms with Gasteiger partial charge in [-0.25, -0.2) is 4.39 Å². The second kappa shape index (κ2) is 8.08. The van der Waals surface area contributed by atoms with Crippen LogP contribution in [0.15, 0.2) is 24.3 Å². The molecule has 1 N–H and O–H groups in total. The van der Waals surface area contributed by atoms with Crippen LogP contribution in [0.3, 0.4) is 0 Å². The maximum atomic E-state index is 13.3. The van der Waals surface area contributed by atoms with Crippen molar-refractivity contribution in [3.63, 3.8) is 0 Å². The van der Waals surface area contributed by atoms with Crippen LogP contribution in [0, 0.1) is 5.82 Å². The van der Waals surface area contributed by atoms with E-state index >= 15 is 0 Å². The van der Waals surface area contributed by atoms with Gasteiger partial charge in [-0.2, -0.15) is 0 Å². The van der Waals surface area contributed by atoms with Gasteiger partial charge in [-0.1, -0.05) is 19.1 Å². The average Bonchev–Trinajstić information content (AvgIpc) is 2.89. The van der Waals surface area contributed by atoms with Gasteiger partial charge in [0, 0.05) is 31.6 Å². The van der Waals surface area contributed by atoms with E-state index in [-0.39, 0.29) is 17.8 Å². The Hall–Kier alpha value is -1.46. The van der Waals surface area contributed by atoms with Crippen LogP contribution in [0.5, 0.6) is 0 Å². The summed E-state index contributed by atoms with van der Waals surface area (Å²) >= 11 is 0. The lowest BCUT2D eigenvalue weighted by Gasteiger charge is -2.33. The minimum Gasteiger partial charge on any atom is -0.337 e. The molecule has 4 nitrogen and oxygen atoms in total. The summed E-state index contributed by atoms with van der Waals surface area (Å²) in [5.41, 5.74) is 0.858. The maximum absolute atomic E-state index is 13.3. The smallest absolute Gasteiger partial charge is 0.224 e. The van der Waals surface area contributed by atoms with Crippen molar-refractivity contribution in [2.75, 3.05) is 26.2 Å². The van der Waals surface area contributed by atoms with Crippen molar-refractivity contribution < 1.29 is 9.18 Å². The van der Waals surface area contributed by atoms with Gasteiger partial charge in [-0.15, -0.1) is 0 Å². The molecule has 2 fully saturated rings. The molecule has 1 amide bonds. The van der Waals surface area contributed by atoms with Crippen molar-refractivity contribution >= 4 is 5.91 Å². The lowest BCUT2D eigenvalue weighted by Crippen LogP contribution is -2.47. The number of amides is 1. The molecule has 2 aliphatic rings. The fourth-order valence-electron chi connectivity index (χ4n) is 3.87. The third kappa shape index (κ3) is 4.54. The molecule has 2 heterocycles. The molecule has 0 aliphatic carbocycles. The number of carbonyl (C=O) groups is 1. The van der Waals surface area contributed by atoms with E-state index < -0.39 is 0 Å². The van der Waals surface area contributed by atoms with Crippen molar-refractivity contribution in [1.82, 2.24) is 15.1 Å². The van der Waals surface area contributed by atoms with E-state index in [2.05, 4.69) is 17.1 Å². The standard InChI is InChI=1S/C19H28FN3O/c1-2-8-22-9-6-17(7-10-22)21-18-12-19(24)23(14-18)13-15-4-3-5-16(20)11-15/h3-5,11,17-18,21H,2,6-10,12-14H2,1H3/t18-/m1/s1. The van der Waals surface area contributed by atoms with Crippen LogP contribution >= 0.6 is 0 Å². The Labute approximate surface area is 144 Å². The van der Waals surface area contributed by atoms with E-state index in [1.807, 2.05) is 11.0 Å². The Balaban J connectivity index is 1.47. The summed E-state index contributed by atoms with van der Waals surface area (Å²) in [6, 6.07) is 7.27. The average molecular weight is 333 g/mol. The van der Waals surface area contributed by atoms with Crippen molar-refractivity contribution in [1.29, 1.82) is 0 Å². The first-order chi connectivity index (χ1) is 11.6. The highest BCUT2D eigenvalue weighted by Gasteiger charge is 2.31.